The van der Waals surface area contributed by atoms with Crippen LogP contribution in [0.2, 0.25) is 0 Å². The van der Waals surface area contributed by atoms with Gasteiger partial charge in [0.1, 0.15) is 5.75 Å². The van der Waals surface area contributed by atoms with Crippen molar-refractivity contribution in [3.63, 3.8) is 0 Å². The summed E-state index contributed by atoms with van der Waals surface area (Å²) in [5, 5.41) is 0. The van der Waals surface area contributed by atoms with Crippen molar-refractivity contribution in [2.75, 3.05) is 22.8 Å². The molecule has 6 nitrogen and oxygen atoms in total. The van der Waals surface area contributed by atoms with Crippen LogP contribution < -0.4 is 14.4 Å². The van der Waals surface area contributed by atoms with Crippen LogP contribution in [0.4, 0.5) is 11.4 Å². The first-order valence-electron chi connectivity index (χ1n) is 10.2. The third kappa shape index (κ3) is 4.56. The van der Waals surface area contributed by atoms with Crippen molar-refractivity contribution in [2.45, 2.75) is 24.7 Å². The molecule has 1 amide bonds. The van der Waals surface area contributed by atoms with Crippen LogP contribution in [0.1, 0.15) is 29.3 Å². The van der Waals surface area contributed by atoms with E-state index in [4.69, 9.17) is 4.74 Å². The first-order valence-corrected chi connectivity index (χ1v) is 11.7. The minimum absolute atomic E-state index is 0.0897. The Morgan fingerprint density at radius 1 is 1.00 bits per heavy atom. The third-order valence-electron chi connectivity index (χ3n) is 5.18. The van der Waals surface area contributed by atoms with E-state index >= 15 is 0 Å². The first kappa shape index (κ1) is 20.9. The molecule has 0 atom stereocenters. The van der Waals surface area contributed by atoms with Crippen LogP contribution >= 0.6 is 0 Å². The normalized spacial score (nSPS) is 13.4. The van der Waals surface area contributed by atoms with E-state index in [1.54, 1.807) is 41.3 Å². The van der Waals surface area contributed by atoms with Crippen molar-refractivity contribution in [3.05, 3.63) is 83.9 Å². The number of ether oxygens (including phenoxy) is 1. The number of hydrogen-bond acceptors (Lipinski definition) is 4. The second-order valence-corrected chi connectivity index (χ2v) is 8.96. The van der Waals surface area contributed by atoms with E-state index < -0.39 is 10.0 Å². The predicted molar refractivity (Wildman–Crippen MR) is 121 cm³/mol. The smallest absolute Gasteiger partial charge is 0.261 e. The molecule has 1 heterocycles. The van der Waals surface area contributed by atoms with Gasteiger partial charge in [-0.3, -0.25) is 9.52 Å². The molecule has 3 aromatic rings. The Morgan fingerprint density at radius 2 is 1.71 bits per heavy atom. The summed E-state index contributed by atoms with van der Waals surface area (Å²) < 4.78 is 33.2. The second kappa shape index (κ2) is 8.81. The van der Waals surface area contributed by atoms with Crippen molar-refractivity contribution in [1.29, 1.82) is 0 Å². The highest BCUT2D eigenvalue weighted by Gasteiger charge is 2.23. The molecule has 0 bridgehead atoms. The van der Waals surface area contributed by atoms with E-state index in [9.17, 15) is 13.2 Å². The van der Waals surface area contributed by atoms with Crippen molar-refractivity contribution in [1.82, 2.24) is 0 Å². The average molecular weight is 437 g/mol. The molecule has 0 aromatic heterocycles. The fourth-order valence-corrected chi connectivity index (χ4v) is 4.74. The van der Waals surface area contributed by atoms with E-state index in [2.05, 4.69) is 4.72 Å². The monoisotopic (exact) mass is 436 g/mol. The minimum Gasteiger partial charge on any atom is -0.494 e. The van der Waals surface area contributed by atoms with Crippen molar-refractivity contribution < 1.29 is 17.9 Å². The molecule has 0 radical (unpaired) electrons. The largest absolute Gasteiger partial charge is 0.494 e. The number of carbonyl (C=O) groups excluding carboxylic acids is 1. The number of nitrogens with zero attached hydrogens (tertiary/aromatic N) is 1. The number of benzene rings is 3. The van der Waals surface area contributed by atoms with Gasteiger partial charge < -0.3 is 9.64 Å². The Balaban J connectivity index is 1.49. The number of hydrogen-bond donors (Lipinski definition) is 1. The van der Waals surface area contributed by atoms with Gasteiger partial charge in [-0.25, -0.2) is 8.42 Å². The summed E-state index contributed by atoms with van der Waals surface area (Å²) in [6.07, 6.45) is 1.88. The highest BCUT2D eigenvalue weighted by molar-refractivity contribution is 7.92. The zero-order valence-electron chi connectivity index (χ0n) is 17.2. The summed E-state index contributed by atoms with van der Waals surface area (Å²) >= 11 is 0. The maximum Gasteiger partial charge on any atom is 0.261 e. The summed E-state index contributed by atoms with van der Waals surface area (Å²) in [6.45, 7) is 3.05. The van der Waals surface area contributed by atoms with E-state index in [-0.39, 0.29) is 10.8 Å². The van der Waals surface area contributed by atoms with Crippen LogP contribution in [-0.2, 0) is 16.4 Å². The SMILES string of the molecule is CCOc1ccc(S(=O)(=O)Nc2ccc(C(=O)N3CCCc4ccccc43)cc2)cc1. The number of para-hydroxylation sites is 1. The van der Waals surface area contributed by atoms with E-state index in [0.717, 1.165) is 18.5 Å². The van der Waals surface area contributed by atoms with Gasteiger partial charge in [0.15, 0.2) is 0 Å². The second-order valence-electron chi connectivity index (χ2n) is 7.28. The molecule has 1 aliphatic rings. The maximum absolute atomic E-state index is 13.0. The highest BCUT2D eigenvalue weighted by Crippen LogP contribution is 2.28. The average Bonchev–Trinajstić information content (AvgIpc) is 2.79. The molecule has 7 heteroatoms. The van der Waals surface area contributed by atoms with Crippen LogP contribution in [0.25, 0.3) is 0 Å². The standard InChI is InChI=1S/C24H24N2O4S/c1-2-30-21-13-15-22(16-14-21)31(28,29)25-20-11-9-19(10-12-20)24(27)26-17-5-7-18-6-3-4-8-23(18)26/h3-4,6,8-16,25H,2,5,7,17H2,1H3. The Labute approximate surface area is 182 Å². The number of anilines is 2. The van der Waals surface area contributed by atoms with E-state index in [1.165, 1.54) is 17.7 Å². The topological polar surface area (TPSA) is 75.7 Å². The quantitative estimate of drug-likeness (QED) is 0.618. The number of aryl methyl sites for hydroxylation is 1. The molecule has 160 valence electrons. The van der Waals surface area contributed by atoms with Crippen LogP contribution in [-0.4, -0.2) is 27.5 Å². The molecule has 1 N–H and O–H groups in total. The lowest BCUT2D eigenvalue weighted by molar-refractivity contribution is 0.0985. The molecule has 0 fully saturated rings. The number of sulfonamides is 1. The molecule has 0 aliphatic carbocycles. The van der Waals surface area contributed by atoms with Crippen LogP contribution in [0.3, 0.4) is 0 Å². The van der Waals surface area contributed by atoms with Crippen LogP contribution in [0.5, 0.6) is 5.75 Å². The molecule has 1 aliphatic heterocycles. The van der Waals surface area contributed by atoms with Gasteiger partial charge in [-0.05, 0) is 79.9 Å². The number of amides is 1. The Bertz CT molecular complexity index is 1170. The summed E-state index contributed by atoms with van der Waals surface area (Å²) in [7, 11) is -3.74. The fraction of sp³-hybridized carbons (Fsp3) is 0.208. The van der Waals surface area contributed by atoms with Gasteiger partial charge in [0, 0.05) is 23.5 Å². The highest BCUT2D eigenvalue weighted by atomic mass is 32.2. The number of rotatable bonds is 6. The van der Waals surface area contributed by atoms with E-state index in [1.807, 2.05) is 31.2 Å². The summed E-state index contributed by atoms with van der Waals surface area (Å²) in [4.78, 5) is 15.0. The first-order chi connectivity index (χ1) is 15.0. The van der Waals surface area contributed by atoms with Crippen molar-refractivity contribution in [3.8, 4) is 5.75 Å². The van der Waals surface area contributed by atoms with Gasteiger partial charge in [-0.15, -0.1) is 0 Å². The Kier molecular flexibility index (Phi) is 5.95. The Morgan fingerprint density at radius 3 is 2.42 bits per heavy atom. The number of fused-ring (bicyclic) bond motifs is 1. The molecule has 0 unspecified atom stereocenters. The molecule has 0 saturated heterocycles. The van der Waals surface area contributed by atoms with Gasteiger partial charge in [0.2, 0.25) is 0 Å². The van der Waals surface area contributed by atoms with Gasteiger partial charge >= 0.3 is 0 Å². The third-order valence-corrected chi connectivity index (χ3v) is 6.58. The fourth-order valence-electron chi connectivity index (χ4n) is 3.68. The van der Waals surface area contributed by atoms with Crippen LogP contribution in [0.15, 0.2) is 77.7 Å². The van der Waals surface area contributed by atoms with Gasteiger partial charge in [-0.1, -0.05) is 18.2 Å². The molecule has 3 aromatic carbocycles. The predicted octanol–water partition coefficient (Wildman–Crippen LogP) is 4.48. The van der Waals surface area contributed by atoms with Crippen molar-refractivity contribution >= 4 is 27.3 Å². The number of carbonyl (C=O) groups is 1. The molecule has 0 spiro atoms. The molecular weight excluding hydrogens is 412 g/mol. The maximum atomic E-state index is 13.0. The summed E-state index contributed by atoms with van der Waals surface area (Å²) in [6, 6.07) is 20.7. The lowest BCUT2D eigenvalue weighted by Gasteiger charge is -2.29. The zero-order valence-corrected chi connectivity index (χ0v) is 18.1. The summed E-state index contributed by atoms with van der Waals surface area (Å²) in [5.41, 5.74) is 3.02. The molecular formula is C24H24N2O4S. The van der Waals surface area contributed by atoms with Gasteiger partial charge in [-0.2, -0.15) is 0 Å². The molecule has 0 saturated carbocycles. The van der Waals surface area contributed by atoms with Crippen LogP contribution in [0, 0.1) is 0 Å². The van der Waals surface area contributed by atoms with Gasteiger partial charge in [0.05, 0.1) is 11.5 Å². The lowest BCUT2D eigenvalue weighted by Crippen LogP contribution is -2.35. The van der Waals surface area contributed by atoms with Crippen molar-refractivity contribution in [2.24, 2.45) is 0 Å². The van der Waals surface area contributed by atoms with Gasteiger partial charge in [0.25, 0.3) is 15.9 Å². The zero-order chi connectivity index (χ0) is 21.8. The number of nitrogens with one attached hydrogen (secondary N) is 1. The summed E-state index contributed by atoms with van der Waals surface area (Å²) in [5.74, 6) is 0.525. The molecule has 31 heavy (non-hydrogen) atoms. The lowest BCUT2D eigenvalue weighted by atomic mass is 10.0. The van der Waals surface area contributed by atoms with E-state index in [0.29, 0.717) is 30.2 Å². The minimum atomic E-state index is -3.74. The molecule has 4 rings (SSSR count). The Hall–Kier alpha value is -3.32.